The molecule has 1 aromatic heterocycles. The molecule has 2 aromatic carbocycles. The van der Waals surface area contributed by atoms with Crippen LogP contribution in [0.3, 0.4) is 0 Å². The van der Waals surface area contributed by atoms with Crippen molar-refractivity contribution in [2.45, 2.75) is 32.5 Å². The van der Waals surface area contributed by atoms with Crippen molar-refractivity contribution < 1.29 is 9.69 Å². The Kier molecular flexibility index (Phi) is 6.67. The van der Waals surface area contributed by atoms with Gasteiger partial charge in [0.25, 0.3) is 0 Å². The number of benzene rings is 2. The fourth-order valence-corrected chi connectivity index (χ4v) is 3.76. The first kappa shape index (κ1) is 20.0. The third-order valence-electron chi connectivity index (χ3n) is 5.40. The lowest BCUT2D eigenvalue weighted by Gasteiger charge is -2.12. The summed E-state index contributed by atoms with van der Waals surface area (Å²) in [4.78, 5) is 13.8. The van der Waals surface area contributed by atoms with E-state index in [0.29, 0.717) is 18.8 Å². The Hall–Kier alpha value is -3.25. The van der Waals surface area contributed by atoms with Gasteiger partial charge in [0.1, 0.15) is 12.2 Å². The van der Waals surface area contributed by atoms with E-state index < -0.39 is 0 Å². The minimum absolute atomic E-state index is 0.141. The van der Waals surface area contributed by atoms with Crippen LogP contribution in [0, 0.1) is 0 Å². The van der Waals surface area contributed by atoms with Crippen molar-refractivity contribution in [3.8, 4) is 0 Å². The number of nitrogens with zero attached hydrogens (tertiary/aromatic N) is 3. The molecule has 0 spiro atoms. The smallest absolute Gasteiger partial charge is 0.244 e. The van der Waals surface area contributed by atoms with Crippen LogP contribution in [0.1, 0.15) is 35.2 Å². The molecule has 6 nitrogen and oxygen atoms in total. The first-order valence-electron chi connectivity index (χ1n) is 10.6. The molecule has 3 aromatic rings. The largest absolute Gasteiger partial charge is 0.348 e. The zero-order chi connectivity index (χ0) is 20.6. The van der Waals surface area contributed by atoms with Crippen molar-refractivity contribution in [1.82, 2.24) is 20.3 Å². The second kappa shape index (κ2) is 9.98. The number of aromatic nitrogens is 3. The van der Waals surface area contributed by atoms with Crippen molar-refractivity contribution >= 4 is 12.0 Å². The lowest BCUT2D eigenvalue weighted by Crippen LogP contribution is -3.08. The highest BCUT2D eigenvalue weighted by molar-refractivity contribution is 5.91. The molecule has 0 atom stereocenters. The summed E-state index contributed by atoms with van der Waals surface area (Å²) in [6.45, 7) is 4.83. The second-order valence-corrected chi connectivity index (χ2v) is 7.83. The van der Waals surface area contributed by atoms with E-state index in [1.54, 1.807) is 15.7 Å². The van der Waals surface area contributed by atoms with Gasteiger partial charge >= 0.3 is 0 Å². The fraction of sp³-hybridized carbons (Fsp3) is 0.292. The average molecular weight is 403 g/mol. The van der Waals surface area contributed by atoms with Crippen LogP contribution in [0.25, 0.3) is 6.08 Å². The molecule has 2 heterocycles. The summed E-state index contributed by atoms with van der Waals surface area (Å²) in [5, 5.41) is 11.1. The fourth-order valence-electron chi connectivity index (χ4n) is 3.76. The van der Waals surface area contributed by atoms with Crippen LogP contribution in [-0.4, -0.2) is 34.0 Å². The Morgan fingerprint density at radius 2 is 1.73 bits per heavy atom. The minimum Gasteiger partial charge on any atom is -0.348 e. The van der Waals surface area contributed by atoms with Gasteiger partial charge in [0.15, 0.2) is 0 Å². The summed E-state index contributed by atoms with van der Waals surface area (Å²) >= 11 is 0. The average Bonchev–Trinajstić information content (AvgIpc) is 3.45. The van der Waals surface area contributed by atoms with Crippen molar-refractivity contribution in [3.05, 3.63) is 89.3 Å². The summed E-state index contributed by atoms with van der Waals surface area (Å²) < 4.78 is 1.76. The highest BCUT2D eigenvalue weighted by Crippen LogP contribution is 2.05. The number of likely N-dealkylation sites (tertiary alicyclic amines) is 1. The van der Waals surface area contributed by atoms with Gasteiger partial charge < -0.3 is 10.2 Å². The molecule has 1 fully saturated rings. The third kappa shape index (κ3) is 5.87. The standard InChI is InChI=1S/C24H27N5O/c30-24(13-12-23-19-29(27-26-23)18-21-6-2-1-3-7-21)25-16-20-8-10-22(11-9-20)17-28-14-4-5-15-28/h1-3,6-13,19H,4-5,14-18H2,(H,25,30)/p+1/b13-12+. The van der Waals surface area contributed by atoms with E-state index in [1.165, 1.54) is 37.6 Å². The topological polar surface area (TPSA) is 64.2 Å². The van der Waals surface area contributed by atoms with Gasteiger partial charge in [-0.25, -0.2) is 4.68 Å². The van der Waals surface area contributed by atoms with Crippen LogP contribution < -0.4 is 10.2 Å². The number of amides is 1. The maximum Gasteiger partial charge on any atom is 0.244 e. The molecule has 0 radical (unpaired) electrons. The molecule has 0 unspecified atom stereocenters. The number of carbonyl (C=O) groups excluding carboxylic acids is 1. The maximum absolute atomic E-state index is 12.1. The van der Waals surface area contributed by atoms with Gasteiger partial charge in [-0.3, -0.25) is 4.79 Å². The SMILES string of the molecule is O=C(/C=C/c1cn(Cc2ccccc2)nn1)NCc1ccc(C[NH+]2CCCC2)cc1. The summed E-state index contributed by atoms with van der Waals surface area (Å²) in [6.07, 6.45) is 7.71. The molecule has 4 rings (SSSR count). The van der Waals surface area contributed by atoms with Crippen LogP contribution in [0.5, 0.6) is 0 Å². The Bertz CT molecular complexity index is 972. The Morgan fingerprint density at radius 1 is 1.00 bits per heavy atom. The van der Waals surface area contributed by atoms with E-state index in [-0.39, 0.29) is 5.91 Å². The van der Waals surface area contributed by atoms with Crippen molar-refractivity contribution in [2.24, 2.45) is 0 Å². The third-order valence-corrected chi connectivity index (χ3v) is 5.40. The number of carbonyl (C=O) groups is 1. The maximum atomic E-state index is 12.1. The van der Waals surface area contributed by atoms with Gasteiger partial charge in [-0.05, 0) is 17.2 Å². The highest BCUT2D eigenvalue weighted by Gasteiger charge is 2.15. The van der Waals surface area contributed by atoms with Gasteiger partial charge in [-0.15, -0.1) is 5.10 Å². The first-order chi connectivity index (χ1) is 14.7. The van der Waals surface area contributed by atoms with Crippen LogP contribution >= 0.6 is 0 Å². The zero-order valence-electron chi connectivity index (χ0n) is 17.1. The predicted molar refractivity (Wildman–Crippen MR) is 117 cm³/mol. The van der Waals surface area contributed by atoms with Gasteiger partial charge in [0, 0.05) is 31.0 Å². The van der Waals surface area contributed by atoms with Crippen LogP contribution in [-0.2, 0) is 24.4 Å². The Labute approximate surface area is 177 Å². The van der Waals surface area contributed by atoms with E-state index in [9.17, 15) is 4.79 Å². The Balaban J connectivity index is 1.23. The molecule has 6 heteroatoms. The monoisotopic (exact) mass is 402 g/mol. The van der Waals surface area contributed by atoms with E-state index in [1.807, 2.05) is 36.5 Å². The molecule has 0 saturated carbocycles. The van der Waals surface area contributed by atoms with Gasteiger partial charge in [-0.1, -0.05) is 59.8 Å². The van der Waals surface area contributed by atoms with Gasteiger partial charge in [0.2, 0.25) is 5.91 Å². The molecule has 30 heavy (non-hydrogen) atoms. The second-order valence-electron chi connectivity index (χ2n) is 7.83. The summed E-state index contributed by atoms with van der Waals surface area (Å²) in [7, 11) is 0. The van der Waals surface area contributed by atoms with Gasteiger partial charge in [0.05, 0.1) is 25.8 Å². The van der Waals surface area contributed by atoms with Crippen molar-refractivity contribution in [1.29, 1.82) is 0 Å². The van der Waals surface area contributed by atoms with Gasteiger partial charge in [-0.2, -0.15) is 0 Å². The van der Waals surface area contributed by atoms with Crippen LogP contribution in [0.15, 0.2) is 66.9 Å². The van der Waals surface area contributed by atoms with Crippen molar-refractivity contribution in [3.63, 3.8) is 0 Å². The normalized spacial score (nSPS) is 14.4. The number of rotatable bonds is 8. The summed E-state index contributed by atoms with van der Waals surface area (Å²) in [6, 6.07) is 18.6. The minimum atomic E-state index is -0.141. The number of quaternary nitrogens is 1. The molecule has 0 bridgehead atoms. The molecule has 154 valence electrons. The molecular formula is C24H28N5O+. The number of hydrogen-bond donors (Lipinski definition) is 2. The Morgan fingerprint density at radius 3 is 2.50 bits per heavy atom. The lowest BCUT2D eigenvalue weighted by molar-refractivity contribution is -0.901. The molecule has 1 aliphatic heterocycles. The summed E-state index contributed by atoms with van der Waals surface area (Å²) in [5.41, 5.74) is 4.28. The van der Waals surface area contributed by atoms with Crippen molar-refractivity contribution in [2.75, 3.05) is 13.1 Å². The molecule has 2 N–H and O–H groups in total. The quantitative estimate of drug-likeness (QED) is 0.565. The van der Waals surface area contributed by atoms with E-state index in [2.05, 4.69) is 39.9 Å². The summed E-state index contributed by atoms with van der Waals surface area (Å²) in [5.74, 6) is -0.141. The number of nitrogens with one attached hydrogen (secondary N) is 2. The van der Waals surface area contributed by atoms with E-state index >= 15 is 0 Å². The number of hydrogen-bond acceptors (Lipinski definition) is 3. The van der Waals surface area contributed by atoms with Crippen LogP contribution in [0.4, 0.5) is 0 Å². The molecule has 0 aliphatic carbocycles. The molecule has 1 amide bonds. The molecular weight excluding hydrogens is 374 g/mol. The molecule has 1 aliphatic rings. The van der Waals surface area contributed by atoms with Crippen LogP contribution in [0.2, 0.25) is 0 Å². The zero-order valence-corrected chi connectivity index (χ0v) is 17.1. The van der Waals surface area contributed by atoms with E-state index in [0.717, 1.165) is 17.7 Å². The molecule has 1 saturated heterocycles. The van der Waals surface area contributed by atoms with E-state index in [4.69, 9.17) is 0 Å². The first-order valence-corrected chi connectivity index (χ1v) is 10.6. The highest BCUT2D eigenvalue weighted by atomic mass is 16.1. The lowest BCUT2D eigenvalue weighted by atomic mass is 10.1. The predicted octanol–water partition coefficient (Wildman–Crippen LogP) is 1.83.